The lowest BCUT2D eigenvalue weighted by molar-refractivity contribution is 0.0678. The number of imidazole rings is 1. The first-order valence-corrected chi connectivity index (χ1v) is 6.68. The first-order valence-electron chi connectivity index (χ1n) is 6.68. The van der Waals surface area contributed by atoms with Crippen molar-refractivity contribution < 1.29 is 15.0 Å². The van der Waals surface area contributed by atoms with Gasteiger partial charge in [-0.3, -0.25) is 0 Å². The van der Waals surface area contributed by atoms with Gasteiger partial charge in [0.1, 0.15) is 12.1 Å². The highest BCUT2D eigenvalue weighted by molar-refractivity contribution is 5.88. The van der Waals surface area contributed by atoms with Crippen LogP contribution in [0.25, 0.3) is 11.4 Å². The molecule has 0 radical (unpaired) electrons. The fourth-order valence-corrected chi connectivity index (χ4v) is 2.79. The van der Waals surface area contributed by atoms with Crippen molar-refractivity contribution in [1.29, 1.82) is 0 Å². The largest absolute Gasteiger partial charge is 0.476 e. The minimum absolute atomic E-state index is 0.0574. The van der Waals surface area contributed by atoms with E-state index in [1.807, 2.05) is 31.2 Å². The van der Waals surface area contributed by atoms with Gasteiger partial charge in [-0.25, -0.2) is 9.78 Å². The molecule has 3 rings (SSSR count). The standard InChI is InChI=1S/C15H16N2O3/c1-9-5-2-3-6-10(9)14-16-13(15(19)20)11-7-4-8-12(18)17(11)14/h2-3,5-6,12,18H,4,7-8H2,1H3,(H,19,20). The summed E-state index contributed by atoms with van der Waals surface area (Å²) in [6, 6.07) is 7.66. The molecule has 2 heterocycles. The molecule has 5 nitrogen and oxygen atoms in total. The van der Waals surface area contributed by atoms with Gasteiger partial charge >= 0.3 is 5.97 Å². The number of aromatic carboxylic acids is 1. The van der Waals surface area contributed by atoms with Crippen molar-refractivity contribution in [2.24, 2.45) is 0 Å². The number of nitrogens with zero attached hydrogens (tertiary/aromatic N) is 2. The molecule has 1 unspecified atom stereocenters. The third-order valence-corrected chi connectivity index (χ3v) is 3.77. The topological polar surface area (TPSA) is 75.3 Å². The van der Waals surface area contributed by atoms with Gasteiger partial charge in [-0.15, -0.1) is 0 Å². The van der Waals surface area contributed by atoms with Crippen LogP contribution in [-0.4, -0.2) is 25.7 Å². The van der Waals surface area contributed by atoms with Crippen molar-refractivity contribution in [3.8, 4) is 11.4 Å². The second kappa shape index (κ2) is 4.76. The molecule has 104 valence electrons. The molecule has 0 saturated carbocycles. The Balaban J connectivity index is 2.26. The minimum atomic E-state index is -1.04. The Bertz CT molecular complexity index is 676. The zero-order valence-corrected chi connectivity index (χ0v) is 11.2. The van der Waals surface area contributed by atoms with Crippen LogP contribution in [0.15, 0.2) is 24.3 Å². The quantitative estimate of drug-likeness (QED) is 0.880. The maximum atomic E-state index is 11.4. The van der Waals surface area contributed by atoms with Crippen molar-refractivity contribution in [2.45, 2.75) is 32.4 Å². The molecule has 5 heteroatoms. The summed E-state index contributed by atoms with van der Waals surface area (Å²) >= 11 is 0. The Labute approximate surface area is 116 Å². The molecule has 1 aliphatic rings. The number of aliphatic hydroxyl groups is 1. The smallest absolute Gasteiger partial charge is 0.356 e. The summed E-state index contributed by atoms with van der Waals surface area (Å²) in [6.45, 7) is 1.95. The fraction of sp³-hybridized carbons (Fsp3) is 0.333. The molecule has 1 atom stereocenters. The lowest BCUT2D eigenvalue weighted by Gasteiger charge is -2.23. The normalized spacial score (nSPS) is 17.8. The van der Waals surface area contributed by atoms with Crippen molar-refractivity contribution in [1.82, 2.24) is 9.55 Å². The second-order valence-electron chi connectivity index (χ2n) is 5.09. The summed E-state index contributed by atoms with van der Waals surface area (Å²) in [5.74, 6) is -0.495. The maximum absolute atomic E-state index is 11.4. The van der Waals surface area contributed by atoms with E-state index in [2.05, 4.69) is 4.98 Å². The van der Waals surface area contributed by atoms with Crippen LogP contribution in [0.2, 0.25) is 0 Å². The number of carboxylic acids is 1. The molecule has 0 aliphatic carbocycles. The number of fused-ring (bicyclic) bond motifs is 1. The Hall–Kier alpha value is -2.14. The summed E-state index contributed by atoms with van der Waals surface area (Å²) in [5, 5.41) is 19.5. The summed E-state index contributed by atoms with van der Waals surface area (Å²) in [5.41, 5.74) is 2.55. The second-order valence-corrected chi connectivity index (χ2v) is 5.09. The van der Waals surface area contributed by atoms with Gasteiger partial charge in [0.05, 0.1) is 5.69 Å². The van der Waals surface area contributed by atoms with Gasteiger partial charge in [0.15, 0.2) is 5.69 Å². The van der Waals surface area contributed by atoms with E-state index in [-0.39, 0.29) is 5.69 Å². The third kappa shape index (κ3) is 1.91. The first-order chi connectivity index (χ1) is 9.59. The summed E-state index contributed by atoms with van der Waals surface area (Å²) < 4.78 is 1.68. The molecule has 2 N–H and O–H groups in total. The van der Waals surface area contributed by atoms with Crippen molar-refractivity contribution >= 4 is 5.97 Å². The highest BCUT2D eigenvalue weighted by Crippen LogP contribution is 2.33. The molecule has 0 saturated heterocycles. The average Bonchev–Trinajstić information content (AvgIpc) is 2.80. The Morgan fingerprint density at radius 2 is 2.15 bits per heavy atom. The van der Waals surface area contributed by atoms with Gasteiger partial charge in [-0.1, -0.05) is 24.3 Å². The molecule has 2 aromatic rings. The first kappa shape index (κ1) is 12.9. The predicted molar refractivity (Wildman–Crippen MR) is 73.6 cm³/mol. The maximum Gasteiger partial charge on any atom is 0.356 e. The van der Waals surface area contributed by atoms with Gasteiger partial charge in [0, 0.05) is 5.56 Å². The fourth-order valence-electron chi connectivity index (χ4n) is 2.79. The van der Waals surface area contributed by atoms with Crippen LogP contribution >= 0.6 is 0 Å². The SMILES string of the molecule is Cc1ccccc1-c1nc(C(=O)O)c2n1C(O)CCC2. The van der Waals surface area contributed by atoms with Crippen molar-refractivity contribution in [2.75, 3.05) is 0 Å². The summed E-state index contributed by atoms with van der Waals surface area (Å²) in [6.07, 6.45) is 1.34. The van der Waals surface area contributed by atoms with Gasteiger partial charge in [-0.2, -0.15) is 0 Å². The van der Waals surface area contributed by atoms with E-state index in [1.54, 1.807) is 4.57 Å². The molecule has 1 aromatic heterocycles. The van der Waals surface area contributed by atoms with E-state index in [4.69, 9.17) is 0 Å². The van der Waals surface area contributed by atoms with E-state index in [0.717, 1.165) is 17.5 Å². The van der Waals surface area contributed by atoms with Crippen LogP contribution in [0.3, 0.4) is 0 Å². The van der Waals surface area contributed by atoms with Crippen LogP contribution < -0.4 is 0 Å². The lowest BCUT2D eigenvalue weighted by atomic mass is 10.1. The lowest BCUT2D eigenvalue weighted by Crippen LogP contribution is -2.19. The molecule has 1 aliphatic heterocycles. The molecule has 0 bridgehead atoms. The van der Waals surface area contributed by atoms with Crippen molar-refractivity contribution in [3.05, 3.63) is 41.2 Å². The Morgan fingerprint density at radius 3 is 2.85 bits per heavy atom. The number of carbonyl (C=O) groups is 1. The molecule has 0 amide bonds. The van der Waals surface area contributed by atoms with Crippen LogP contribution in [0.1, 0.15) is 40.8 Å². The van der Waals surface area contributed by atoms with Gasteiger partial charge in [-0.05, 0) is 31.7 Å². The number of aliphatic hydroxyl groups excluding tert-OH is 1. The van der Waals surface area contributed by atoms with E-state index >= 15 is 0 Å². The van der Waals surface area contributed by atoms with Gasteiger partial charge < -0.3 is 14.8 Å². The van der Waals surface area contributed by atoms with Gasteiger partial charge in [0.25, 0.3) is 0 Å². The van der Waals surface area contributed by atoms with E-state index < -0.39 is 12.2 Å². The Morgan fingerprint density at radius 1 is 1.40 bits per heavy atom. The Kier molecular flexibility index (Phi) is 3.06. The van der Waals surface area contributed by atoms with E-state index in [1.165, 1.54) is 0 Å². The van der Waals surface area contributed by atoms with Crippen LogP contribution in [-0.2, 0) is 6.42 Å². The van der Waals surface area contributed by atoms with Crippen LogP contribution in [0, 0.1) is 6.92 Å². The van der Waals surface area contributed by atoms with E-state index in [0.29, 0.717) is 24.4 Å². The zero-order chi connectivity index (χ0) is 14.3. The summed E-state index contributed by atoms with van der Waals surface area (Å²) in [4.78, 5) is 15.6. The predicted octanol–water partition coefficient (Wildman–Crippen LogP) is 2.38. The van der Waals surface area contributed by atoms with Crippen LogP contribution in [0.4, 0.5) is 0 Å². The number of rotatable bonds is 2. The molecular weight excluding hydrogens is 256 g/mol. The number of aryl methyl sites for hydroxylation is 1. The summed E-state index contributed by atoms with van der Waals surface area (Å²) in [7, 11) is 0. The highest BCUT2D eigenvalue weighted by atomic mass is 16.4. The van der Waals surface area contributed by atoms with Crippen molar-refractivity contribution in [3.63, 3.8) is 0 Å². The third-order valence-electron chi connectivity index (χ3n) is 3.77. The molecule has 0 spiro atoms. The van der Waals surface area contributed by atoms with E-state index in [9.17, 15) is 15.0 Å². The molecule has 1 aromatic carbocycles. The number of benzene rings is 1. The molecular formula is C15H16N2O3. The monoisotopic (exact) mass is 272 g/mol. The number of carboxylic acid groups (broad SMARTS) is 1. The zero-order valence-electron chi connectivity index (χ0n) is 11.2. The van der Waals surface area contributed by atoms with Crippen LogP contribution in [0.5, 0.6) is 0 Å². The number of hydrogen-bond acceptors (Lipinski definition) is 3. The number of aromatic nitrogens is 2. The highest BCUT2D eigenvalue weighted by Gasteiger charge is 2.29. The molecule has 20 heavy (non-hydrogen) atoms. The average molecular weight is 272 g/mol. The van der Waals surface area contributed by atoms with Gasteiger partial charge in [0.2, 0.25) is 0 Å². The molecule has 0 fully saturated rings. The number of hydrogen-bond donors (Lipinski definition) is 2. The minimum Gasteiger partial charge on any atom is -0.476 e.